The average Bonchev–Trinajstić information content (AvgIpc) is 2.35. The van der Waals surface area contributed by atoms with E-state index in [-0.39, 0.29) is 0 Å². The Bertz CT molecular complexity index is 480. The Morgan fingerprint density at radius 2 is 1.76 bits per heavy atom. The zero-order valence-electron chi connectivity index (χ0n) is 10.1. The fraction of sp³-hybridized carbons (Fsp3) is 0.267. The summed E-state index contributed by atoms with van der Waals surface area (Å²) in [5.41, 5.74) is 3.10. The van der Waals surface area contributed by atoms with Crippen molar-refractivity contribution in [1.29, 1.82) is 0 Å². The molecule has 0 bridgehead atoms. The molecule has 0 saturated heterocycles. The molecule has 0 aliphatic heterocycles. The Labute approximate surface area is 102 Å². The summed E-state index contributed by atoms with van der Waals surface area (Å²) in [4.78, 5) is 4.35. The lowest BCUT2D eigenvalue weighted by Crippen LogP contribution is -1.95. The minimum atomic E-state index is 0.309. The molecule has 0 aliphatic carbocycles. The second-order valence-corrected chi connectivity index (χ2v) is 4.26. The molecule has 2 rings (SSSR count). The van der Waals surface area contributed by atoms with Crippen molar-refractivity contribution in [2.45, 2.75) is 26.2 Å². The fourth-order valence-electron chi connectivity index (χ4n) is 1.89. The van der Waals surface area contributed by atoms with Crippen molar-refractivity contribution in [2.24, 2.45) is 0 Å². The van der Waals surface area contributed by atoms with Crippen molar-refractivity contribution in [1.82, 2.24) is 4.98 Å². The molecule has 1 N–H and O–H groups in total. The topological polar surface area (TPSA) is 33.1 Å². The summed E-state index contributed by atoms with van der Waals surface area (Å²) >= 11 is 0. The molecular formula is C15H17NO. The van der Waals surface area contributed by atoms with E-state index in [0.29, 0.717) is 5.75 Å². The van der Waals surface area contributed by atoms with Gasteiger partial charge in [-0.25, -0.2) is 0 Å². The zero-order valence-corrected chi connectivity index (χ0v) is 10.1. The van der Waals surface area contributed by atoms with E-state index in [9.17, 15) is 5.11 Å². The zero-order chi connectivity index (χ0) is 12.1. The van der Waals surface area contributed by atoms with Crippen molar-refractivity contribution in [2.75, 3.05) is 0 Å². The summed E-state index contributed by atoms with van der Waals surface area (Å²) in [6.07, 6.45) is 2.85. The van der Waals surface area contributed by atoms with Crippen molar-refractivity contribution in [3.05, 3.63) is 59.4 Å². The maximum atomic E-state index is 9.67. The van der Waals surface area contributed by atoms with Gasteiger partial charge in [0.25, 0.3) is 0 Å². The molecule has 0 atom stereocenters. The highest BCUT2D eigenvalue weighted by Gasteiger charge is 2.03. The minimum absolute atomic E-state index is 0.309. The molecule has 0 aliphatic rings. The van der Waals surface area contributed by atoms with E-state index in [4.69, 9.17) is 0 Å². The van der Waals surface area contributed by atoms with Crippen molar-refractivity contribution < 1.29 is 5.11 Å². The fourth-order valence-corrected chi connectivity index (χ4v) is 1.89. The molecule has 2 heteroatoms. The molecule has 1 aromatic carbocycles. The van der Waals surface area contributed by atoms with Crippen LogP contribution in [-0.2, 0) is 12.8 Å². The molecule has 88 valence electrons. The Hall–Kier alpha value is -1.83. The van der Waals surface area contributed by atoms with Gasteiger partial charge in [0.05, 0.1) is 5.69 Å². The number of aryl methyl sites for hydroxylation is 3. The minimum Gasteiger partial charge on any atom is -0.506 e. The average molecular weight is 227 g/mol. The summed E-state index contributed by atoms with van der Waals surface area (Å²) in [6.45, 7) is 1.94. The molecule has 2 nitrogen and oxygen atoms in total. The molecule has 0 spiro atoms. The molecule has 0 amide bonds. The lowest BCUT2D eigenvalue weighted by atomic mass is 10.1. The summed E-state index contributed by atoms with van der Waals surface area (Å²) < 4.78 is 0. The monoisotopic (exact) mass is 227 g/mol. The third kappa shape index (κ3) is 3.31. The van der Waals surface area contributed by atoms with Gasteiger partial charge in [-0.05, 0) is 43.9 Å². The van der Waals surface area contributed by atoms with E-state index < -0.39 is 0 Å². The summed E-state index contributed by atoms with van der Waals surface area (Å²) in [6, 6.07) is 13.9. The van der Waals surface area contributed by atoms with E-state index in [1.807, 2.05) is 19.1 Å². The number of rotatable bonds is 4. The number of aromatic nitrogens is 1. The first-order valence-electron chi connectivity index (χ1n) is 5.95. The number of pyridine rings is 1. The number of benzene rings is 1. The van der Waals surface area contributed by atoms with Gasteiger partial charge in [-0.1, -0.05) is 30.3 Å². The molecule has 2 aromatic rings. The van der Waals surface area contributed by atoms with Crippen molar-refractivity contribution in [3.8, 4) is 5.75 Å². The van der Waals surface area contributed by atoms with Crippen LogP contribution >= 0.6 is 0 Å². The van der Waals surface area contributed by atoms with Crippen LogP contribution in [0.5, 0.6) is 5.75 Å². The first kappa shape index (κ1) is 11.6. The SMILES string of the molecule is Cc1ccc(O)c(CCCc2ccccc2)n1. The molecule has 1 heterocycles. The molecule has 0 saturated carbocycles. The lowest BCUT2D eigenvalue weighted by molar-refractivity contribution is 0.462. The number of nitrogens with zero attached hydrogens (tertiary/aromatic N) is 1. The number of hydrogen-bond donors (Lipinski definition) is 1. The number of hydrogen-bond acceptors (Lipinski definition) is 2. The third-order valence-corrected chi connectivity index (χ3v) is 2.81. The highest BCUT2D eigenvalue weighted by molar-refractivity contribution is 5.27. The molecule has 1 aromatic heterocycles. The maximum absolute atomic E-state index is 9.67. The van der Waals surface area contributed by atoms with Gasteiger partial charge in [0.1, 0.15) is 5.75 Å². The Kier molecular flexibility index (Phi) is 3.76. The lowest BCUT2D eigenvalue weighted by Gasteiger charge is -2.05. The van der Waals surface area contributed by atoms with Gasteiger partial charge in [-0.15, -0.1) is 0 Å². The first-order chi connectivity index (χ1) is 8.25. The van der Waals surface area contributed by atoms with Gasteiger partial charge in [-0.2, -0.15) is 0 Å². The molecule has 17 heavy (non-hydrogen) atoms. The van der Waals surface area contributed by atoms with Crippen LogP contribution in [0.1, 0.15) is 23.4 Å². The standard InChI is InChI=1S/C15H17NO/c1-12-10-11-15(17)14(16-12)9-5-8-13-6-3-2-4-7-13/h2-4,6-7,10-11,17H,5,8-9H2,1H3. The predicted octanol–water partition coefficient (Wildman–Crippen LogP) is 3.27. The number of aromatic hydroxyl groups is 1. The van der Waals surface area contributed by atoms with E-state index in [2.05, 4.69) is 29.2 Å². The Morgan fingerprint density at radius 3 is 2.53 bits per heavy atom. The van der Waals surface area contributed by atoms with Crippen LogP contribution < -0.4 is 0 Å². The second-order valence-electron chi connectivity index (χ2n) is 4.26. The van der Waals surface area contributed by atoms with Gasteiger partial charge in [0.15, 0.2) is 0 Å². The van der Waals surface area contributed by atoms with Crippen molar-refractivity contribution >= 4 is 0 Å². The van der Waals surface area contributed by atoms with Crippen molar-refractivity contribution in [3.63, 3.8) is 0 Å². The molecule has 0 fully saturated rings. The normalized spacial score (nSPS) is 10.4. The van der Waals surface area contributed by atoms with Crippen LogP contribution in [0.3, 0.4) is 0 Å². The molecule has 0 radical (unpaired) electrons. The summed E-state index contributed by atoms with van der Waals surface area (Å²) in [5.74, 6) is 0.309. The van der Waals surface area contributed by atoms with Crippen LogP contribution in [0.2, 0.25) is 0 Å². The van der Waals surface area contributed by atoms with Crippen LogP contribution in [0.25, 0.3) is 0 Å². The first-order valence-corrected chi connectivity index (χ1v) is 5.95. The maximum Gasteiger partial charge on any atom is 0.137 e. The van der Waals surface area contributed by atoms with Gasteiger partial charge < -0.3 is 5.11 Å². The smallest absolute Gasteiger partial charge is 0.137 e. The van der Waals surface area contributed by atoms with Gasteiger partial charge in [0.2, 0.25) is 0 Å². The largest absolute Gasteiger partial charge is 0.506 e. The van der Waals surface area contributed by atoms with Crippen LogP contribution in [-0.4, -0.2) is 10.1 Å². The van der Waals surface area contributed by atoms with Crippen LogP contribution in [0.4, 0.5) is 0 Å². The molecular weight excluding hydrogens is 210 g/mol. The van der Waals surface area contributed by atoms with Crippen LogP contribution in [0.15, 0.2) is 42.5 Å². The summed E-state index contributed by atoms with van der Waals surface area (Å²) in [7, 11) is 0. The van der Waals surface area contributed by atoms with Crippen LogP contribution in [0, 0.1) is 6.92 Å². The van der Waals surface area contributed by atoms with Gasteiger partial charge in [0, 0.05) is 5.69 Å². The van der Waals surface area contributed by atoms with E-state index >= 15 is 0 Å². The Balaban J connectivity index is 1.92. The van der Waals surface area contributed by atoms with Gasteiger partial charge >= 0.3 is 0 Å². The second kappa shape index (κ2) is 5.48. The summed E-state index contributed by atoms with van der Waals surface area (Å²) in [5, 5.41) is 9.67. The van der Waals surface area contributed by atoms with E-state index in [1.165, 1.54) is 5.56 Å². The van der Waals surface area contributed by atoms with Gasteiger partial charge in [-0.3, -0.25) is 4.98 Å². The quantitative estimate of drug-likeness (QED) is 0.869. The van der Waals surface area contributed by atoms with E-state index in [1.54, 1.807) is 6.07 Å². The highest BCUT2D eigenvalue weighted by Crippen LogP contribution is 2.17. The Morgan fingerprint density at radius 1 is 1.00 bits per heavy atom. The third-order valence-electron chi connectivity index (χ3n) is 2.81. The molecule has 0 unspecified atom stereocenters. The van der Waals surface area contributed by atoms with E-state index in [0.717, 1.165) is 30.7 Å². The highest BCUT2D eigenvalue weighted by atomic mass is 16.3. The predicted molar refractivity (Wildman–Crippen MR) is 69.1 cm³/mol.